The first-order valence-electron chi connectivity index (χ1n) is 8.12. The molecule has 1 fully saturated rings. The number of carbonyl (C=O) groups excluding carboxylic acids is 1. The molecule has 0 saturated carbocycles. The fourth-order valence-electron chi connectivity index (χ4n) is 2.71. The summed E-state index contributed by atoms with van der Waals surface area (Å²) in [5.74, 6) is -0.0338. The predicted molar refractivity (Wildman–Crippen MR) is 98.2 cm³/mol. The number of amides is 1. The van der Waals surface area contributed by atoms with Crippen LogP contribution >= 0.6 is 11.3 Å². The van der Waals surface area contributed by atoms with Crippen LogP contribution < -0.4 is 11.1 Å². The molecule has 2 aromatic rings. The van der Waals surface area contributed by atoms with Crippen LogP contribution in [-0.4, -0.2) is 67.0 Å². The average molecular weight is 345 g/mol. The lowest BCUT2D eigenvalue weighted by molar-refractivity contribution is 0.0941. The van der Waals surface area contributed by atoms with E-state index in [4.69, 9.17) is 5.73 Å². The van der Waals surface area contributed by atoms with E-state index in [0.29, 0.717) is 17.2 Å². The van der Waals surface area contributed by atoms with Gasteiger partial charge in [0.05, 0.1) is 5.69 Å². The molecule has 3 rings (SSSR count). The summed E-state index contributed by atoms with van der Waals surface area (Å²) < 4.78 is 0. The van der Waals surface area contributed by atoms with Crippen molar-refractivity contribution >= 4 is 22.4 Å². The number of piperazine rings is 1. The van der Waals surface area contributed by atoms with Crippen LogP contribution in [0.25, 0.3) is 11.3 Å². The minimum atomic E-state index is -0.0338. The van der Waals surface area contributed by atoms with Crippen LogP contribution in [0.5, 0.6) is 0 Å². The first kappa shape index (κ1) is 16.9. The number of nitrogens with two attached hydrogens (primary N) is 1. The third-order valence-electron chi connectivity index (χ3n) is 4.27. The van der Waals surface area contributed by atoms with E-state index >= 15 is 0 Å². The Hall–Kier alpha value is -1.96. The number of benzene rings is 1. The van der Waals surface area contributed by atoms with Crippen LogP contribution in [0, 0.1) is 0 Å². The van der Waals surface area contributed by atoms with Gasteiger partial charge in [0.2, 0.25) is 0 Å². The number of thiazole rings is 1. The molecule has 0 bridgehead atoms. The van der Waals surface area contributed by atoms with Crippen molar-refractivity contribution in [1.82, 2.24) is 20.1 Å². The van der Waals surface area contributed by atoms with Gasteiger partial charge >= 0.3 is 0 Å². The second kappa shape index (κ2) is 7.74. The molecule has 0 atom stereocenters. The topological polar surface area (TPSA) is 74.5 Å². The molecular formula is C17H23N5OS. The van der Waals surface area contributed by atoms with Crippen molar-refractivity contribution in [3.05, 3.63) is 35.2 Å². The normalized spacial score (nSPS) is 16.2. The number of hydrogen-bond donors (Lipinski definition) is 2. The summed E-state index contributed by atoms with van der Waals surface area (Å²) in [6, 6.07) is 7.47. The smallest absolute Gasteiger partial charge is 0.251 e. The Morgan fingerprint density at radius 3 is 2.58 bits per heavy atom. The van der Waals surface area contributed by atoms with Crippen molar-refractivity contribution < 1.29 is 4.79 Å². The number of nitrogen functional groups attached to an aromatic ring is 1. The fraction of sp³-hybridized carbons (Fsp3) is 0.412. The molecule has 1 aromatic carbocycles. The average Bonchev–Trinajstić information content (AvgIpc) is 3.03. The van der Waals surface area contributed by atoms with Crippen molar-refractivity contribution in [1.29, 1.82) is 0 Å². The quantitative estimate of drug-likeness (QED) is 0.856. The van der Waals surface area contributed by atoms with Crippen LogP contribution in [0.2, 0.25) is 0 Å². The third kappa shape index (κ3) is 4.31. The molecule has 7 heteroatoms. The Labute approximate surface area is 146 Å². The Bertz CT molecular complexity index is 677. The number of carbonyl (C=O) groups is 1. The van der Waals surface area contributed by atoms with Gasteiger partial charge in [-0.15, -0.1) is 11.3 Å². The first-order chi connectivity index (χ1) is 11.6. The van der Waals surface area contributed by atoms with E-state index in [2.05, 4.69) is 27.1 Å². The molecule has 2 heterocycles. The van der Waals surface area contributed by atoms with E-state index in [1.165, 1.54) is 11.3 Å². The predicted octanol–water partition coefficient (Wildman–Crippen LogP) is 1.37. The van der Waals surface area contributed by atoms with E-state index in [-0.39, 0.29) is 5.91 Å². The molecular weight excluding hydrogens is 322 g/mol. The van der Waals surface area contributed by atoms with E-state index in [9.17, 15) is 4.79 Å². The molecule has 1 aromatic heterocycles. The Balaban J connectivity index is 1.48. The third-order valence-corrected chi connectivity index (χ3v) is 4.95. The molecule has 0 aliphatic carbocycles. The number of nitrogens with zero attached hydrogens (tertiary/aromatic N) is 3. The maximum Gasteiger partial charge on any atom is 0.251 e. The van der Waals surface area contributed by atoms with Gasteiger partial charge in [0.1, 0.15) is 0 Å². The Morgan fingerprint density at radius 1 is 1.25 bits per heavy atom. The number of hydrogen-bond acceptors (Lipinski definition) is 6. The van der Waals surface area contributed by atoms with Crippen LogP contribution in [-0.2, 0) is 0 Å². The summed E-state index contributed by atoms with van der Waals surface area (Å²) in [5, 5.41) is 5.46. The summed E-state index contributed by atoms with van der Waals surface area (Å²) in [7, 11) is 2.14. The van der Waals surface area contributed by atoms with E-state index in [1.807, 2.05) is 29.6 Å². The standard InChI is InChI=1S/C17H23N5OS/c1-21-8-10-22(11-9-21)7-6-19-16(23)14-4-2-13(3-5-14)15-12-24-17(18)20-15/h2-5,12H,6-11H2,1H3,(H2,18,20)(H,19,23). The second-order valence-corrected chi connectivity index (χ2v) is 6.94. The van der Waals surface area contributed by atoms with E-state index in [1.54, 1.807) is 0 Å². The summed E-state index contributed by atoms with van der Waals surface area (Å²) >= 11 is 1.41. The summed E-state index contributed by atoms with van der Waals surface area (Å²) in [5.41, 5.74) is 8.14. The first-order valence-corrected chi connectivity index (χ1v) is 9.00. The monoisotopic (exact) mass is 345 g/mol. The zero-order valence-corrected chi connectivity index (χ0v) is 14.7. The lowest BCUT2D eigenvalue weighted by Gasteiger charge is -2.32. The van der Waals surface area contributed by atoms with Crippen molar-refractivity contribution in [2.75, 3.05) is 52.0 Å². The summed E-state index contributed by atoms with van der Waals surface area (Å²) in [6.07, 6.45) is 0. The maximum absolute atomic E-state index is 12.2. The van der Waals surface area contributed by atoms with Gasteiger partial charge in [-0.2, -0.15) is 0 Å². The molecule has 1 saturated heterocycles. The largest absolute Gasteiger partial charge is 0.375 e. The lowest BCUT2D eigenvalue weighted by Crippen LogP contribution is -2.46. The van der Waals surface area contributed by atoms with Gasteiger partial charge in [-0.05, 0) is 19.2 Å². The van der Waals surface area contributed by atoms with Gasteiger partial charge < -0.3 is 16.0 Å². The lowest BCUT2D eigenvalue weighted by atomic mass is 10.1. The highest BCUT2D eigenvalue weighted by molar-refractivity contribution is 7.13. The molecule has 1 amide bonds. The summed E-state index contributed by atoms with van der Waals surface area (Å²) in [6.45, 7) is 5.89. The Morgan fingerprint density at radius 2 is 1.96 bits per heavy atom. The number of likely N-dealkylation sites (N-methyl/N-ethyl adjacent to an activating group) is 1. The number of rotatable bonds is 5. The molecule has 1 aliphatic rings. The van der Waals surface area contributed by atoms with Crippen LogP contribution in [0.3, 0.4) is 0 Å². The zero-order valence-electron chi connectivity index (χ0n) is 13.9. The zero-order chi connectivity index (χ0) is 16.9. The van der Waals surface area contributed by atoms with Gasteiger partial charge in [-0.25, -0.2) is 4.98 Å². The van der Waals surface area contributed by atoms with Gasteiger partial charge in [0, 0.05) is 55.8 Å². The van der Waals surface area contributed by atoms with E-state index < -0.39 is 0 Å². The molecule has 6 nitrogen and oxygen atoms in total. The minimum absolute atomic E-state index is 0.0338. The molecule has 0 radical (unpaired) electrons. The molecule has 3 N–H and O–H groups in total. The number of nitrogens with one attached hydrogen (secondary N) is 1. The van der Waals surface area contributed by atoms with Gasteiger partial charge in [0.25, 0.3) is 5.91 Å². The molecule has 24 heavy (non-hydrogen) atoms. The SMILES string of the molecule is CN1CCN(CCNC(=O)c2ccc(-c3csc(N)n3)cc2)CC1. The number of aromatic nitrogens is 1. The van der Waals surface area contributed by atoms with Gasteiger partial charge in [0.15, 0.2) is 5.13 Å². The van der Waals surface area contributed by atoms with E-state index in [0.717, 1.165) is 44.0 Å². The summed E-state index contributed by atoms with van der Waals surface area (Å²) in [4.78, 5) is 21.2. The highest BCUT2D eigenvalue weighted by Gasteiger charge is 2.13. The fourth-order valence-corrected chi connectivity index (χ4v) is 3.29. The van der Waals surface area contributed by atoms with Gasteiger partial charge in [-0.1, -0.05) is 12.1 Å². The van der Waals surface area contributed by atoms with Crippen LogP contribution in [0.15, 0.2) is 29.6 Å². The molecule has 128 valence electrons. The van der Waals surface area contributed by atoms with Crippen molar-refractivity contribution in [3.63, 3.8) is 0 Å². The highest BCUT2D eigenvalue weighted by atomic mass is 32.1. The van der Waals surface area contributed by atoms with Crippen molar-refractivity contribution in [2.24, 2.45) is 0 Å². The van der Waals surface area contributed by atoms with Crippen LogP contribution in [0.4, 0.5) is 5.13 Å². The number of anilines is 1. The molecule has 0 unspecified atom stereocenters. The second-order valence-electron chi connectivity index (χ2n) is 6.05. The Kier molecular flexibility index (Phi) is 5.44. The maximum atomic E-state index is 12.2. The van der Waals surface area contributed by atoms with Crippen LogP contribution in [0.1, 0.15) is 10.4 Å². The highest BCUT2D eigenvalue weighted by Crippen LogP contribution is 2.23. The van der Waals surface area contributed by atoms with Crippen molar-refractivity contribution in [3.8, 4) is 11.3 Å². The molecule has 0 spiro atoms. The van der Waals surface area contributed by atoms with Crippen molar-refractivity contribution in [2.45, 2.75) is 0 Å². The minimum Gasteiger partial charge on any atom is -0.375 e. The molecule has 1 aliphatic heterocycles. The van der Waals surface area contributed by atoms with Gasteiger partial charge in [-0.3, -0.25) is 9.69 Å².